The second-order valence-corrected chi connectivity index (χ2v) is 5.37. The second kappa shape index (κ2) is 6.44. The lowest BCUT2D eigenvalue weighted by atomic mass is 9.88. The van der Waals surface area contributed by atoms with Crippen LogP contribution in [0, 0.1) is 5.41 Å². The van der Waals surface area contributed by atoms with Crippen molar-refractivity contribution in [3.05, 3.63) is 42.5 Å². The van der Waals surface area contributed by atoms with Gasteiger partial charge in [0.15, 0.2) is 0 Å². The molecular formula is C17H24O. The Bertz CT molecular complexity index is 474. The molecule has 2 rings (SSSR count). The molecule has 1 heteroatoms. The van der Waals surface area contributed by atoms with Crippen molar-refractivity contribution >= 4 is 10.8 Å². The van der Waals surface area contributed by atoms with Gasteiger partial charge in [0, 0.05) is 5.39 Å². The summed E-state index contributed by atoms with van der Waals surface area (Å²) >= 11 is 0. The van der Waals surface area contributed by atoms with E-state index in [-0.39, 0.29) is 0 Å². The monoisotopic (exact) mass is 244 g/mol. The van der Waals surface area contributed by atoms with E-state index in [0.717, 1.165) is 10.8 Å². The van der Waals surface area contributed by atoms with Crippen LogP contribution in [0.2, 0.25) is 0 Å². The number of benzene rings is 2. The molecule has 0 heterocycles. The lowest BCUT2D eigenvalue weighted by molar-refractivity contribution is 0.338. The quantitative estimate of drug-likeness (QED) is 0.752. The molecule has 1 N–H and O–H groups in total. The summed E-state index contributed by atoms with van der Waals surface area (Å²) in [5, 5.41) is 11.4. The molecule has 0 spiro atoms. The molecule has 0 aromatic heterocycles. The number of phenolic OH excluding ortho intramolecular Hbond substituents is 1. The maximum Gasteiger partial charge on any atom is 0.123 e. The molecule has 0 aliphatic rings. The van der Waals surface area contributed by atoms with Gasteiger partial charge in [-0.25, -0.2) is 0 Å². The van der Waals surface area contributed by atoms with Gasteiger partial charge in [-0.2, -0.15) is 0 Å². The minimum Gasteiger partial charge on any atom is -0.507 e. The van der Waals surface area contributed by atoms with E-state index in [1.54, 1.807) is 6.07 Å². The van der Waals surface area contributed by atoms with Crippen LogP contribution < -0.4 is 0 Å². The van der Waals surface area contributed by atoms with E-state index in [1.807, 2.05) is 36.4 Å². The summed E-state index contributed by atoms with van der Waals surface area (Å²) in [5.41, 5.74) is 0.583. The predicted octanol–water partition coefficient (Wildman–Crippen LogP) is 5.38. The standard InChI is InChI=1S/C10H8O.C7H16/c11-10-7-3-5-8-4-1-2-6-9(8)10;1-5-7(3,4)6-2/h1-7,11H;5-6H2,1-4H3. The molecule has 0 saturated carbocycles. The molecule has 0 atom stereocenters. The minimum absolute atomic E-state index is 0.350. The van der Waals surface area contributed by atoms with Gasteiger partial charge in [-0.05, 0) is 16.9 Å². The van der Waals surface area contributed by atoms with Crippen molar-refractivity contribution < 1.29 is 5.11 Å². The number of aromatic hydroxyl groups is 1. The van der Waals surface area contributed by atoms with Crippen LogP contribution in [-0.2, 0) is 0 Å². The fourth-order valence-electron chi connectivity index (χ4n) is 1.46. The highest BCUT2D eigenvalue weighted by atomic mass is 16.3. The van der Waals surface area contributed by atoms with Crippen molar-refractivity contribution in [1.82, 2.24) is 0 Å². The van der Waals surface area contributed by atoms with E-state index in [4.69, 9.17) is 0 Å². The highest BCUT2D eigenvalue weighted by Gasteiger charge is 2.09. The molecule has 18 heavy (non-hydrogen) atoms. The van der Waals surface area contributed by atoms with Gasteiger partial charge in [0.1, 0.15) is 5.75 Å². The van der Waals surface area contributed by atoms with E-state index in [2.05, 4.69) is 27.7 Å². The summed E-state index contributed by atoms with van der Waals surface area (Å²) in [6.45, 7) is 9.08. The average Bonchev–Trinajstić information content (AvgIpc) is 2.40. The van der Waals surface area contributed by atoms with Gasteiger partial charge in [0.2, 0.25) is 0 Å². The zero-order valence-corrected chi connectivity index (χ0v) is 11.9. The molecule has 0 bridgehead atoms. The van der Waals surface area contributed by atoms with E-state index in [0.29, 0.717) is 11.2 Å². The minimum atomic E-state index is 0.350. The normalized spacial score (nSPS) is 10.9. The summed E-state index contributed by atoms with van der Waals surface area (Å²) in [4.78, 5) is 0. The molecule has 1 nitrogen and oxygen atoms in total. The molecule has 0 amide bonds. The molecule has 0 fully saturated rings. The number of hydrogen-bond donors (Lipinski definition) is 1. The Balaban J connectivity index is 0.000000203. The first kappa shape index (κ1) is 14.6. The molecule has 0 unspecified atom stereocenters. The Labute approximate surface area is 110 Å². The van der Waals surface area contributed by atoms with Gasteiger partial charge < -0.3 is 5.11 Å². The lowest BCUT2D eigenvalue weighted by Gasteiger charge is -2.18. The molecular weight excluding hydrogens is 220 g/mol. The van der Waals surface area contributed by atoms with Crippen molar-refractivity contribution in [2.45, 2.75) is 40.5 Å². The van der Waals surface area contributed by atoms with E-state index in [9.17, 15) is 5.11 Å². The van der Waals surface area contributed by atoms with Crippen LogP contribution in [0.1, 0.15) is 40.5 Å². The zero-order chi connectivity index (χ0) is 13.6. The largest absolute Gasteiger partial charge is 0.507 e. The summed E-state index contributed by atoms with van der Waals surface area (Å²) < 4.78 is 0. The Morgan fingerprint density at radius 2 is 1.44 bits per heavy atom. The number of phenols is 1. The lowest BCUT2D eigenvalue weighted by Crippen LogP contribution is -2.05. The fraction of sp³-hybridized carbons (Fsp3) is 0.412. The van der Waals surface area contributed by atoms with Crippen molar-refractivity contribution in [3.63, 3.8) is 0 Å². The predicted molar refractivity (Wildman–Crippen MR) is 80.0 cm³/mol. The van der Waals surface area contributed by atoms with Gasteiger partial charge in [-0.15, -0.1) is 0 Å². The molecule has 2 aromatic carbocycles. The van der Waals surface area contributed by atoms with Crippen LogP contribution in [0.3, 0.4) is 0 Å². The van der Waals surface area contributed by atoms with E-state index in [1.165, 1.54) is 12.8 Å². The van der Waals surface area contributed by atoms with Crippen molar-refractivity contribution in [2.24, 2.45) is 5.41 Å². The Hall–Kier alpha value is -1.50. The van der Waals surface area contributed by atoms with Gasteiger partial charge in [-0.3, -0.25) is 0 Å². The zero-order valence-electron chi connectivity index (χ0n) is 11.9. The SMILES string of the molecule is CCC(C)(C)CC.Oc1cccc2ccccc12. The van der Waals surface area contributed by atoms with Gasteiger partial charge >= 0.3 is 0 Å². The fourth-order valence-corrected chi connectivity index (χ4v) is 1.46. The van der Waals surface area contributed by atoms with Crippen molar-refractivity contribution in [3.8, 4) is 5.75 Å². The van der Waals surface area contributed by atoms with Crippen LogP contribution in [0.4, 0.5) is 0 Å². The van der Waals surface area contributed by atoms with Crippen LogP contribution in [0.15, 0.2) is 42.5 Å². The third-order valence-corrected chi connectivity index (χ3v) is 3.68. The van der Waals surface area contributed by atoms with Crippen molar-refractivity contribution in [2.75, 3.05) is 0 Å². The van der Waals surface area contributed by atoms with Gasteiger partial charge in [0.25, 0.3) is 0 Å². The molecule has 98 valence electrons. The van der Waals surface area contributed by atoms with Crippen LogP contribution in [0.25, 0.3) is 10.8 Å². The Morgan fingerprint density at radius 3 is 1.94 bits per heavy atom. The van der Waals surface area contributed by atoms with Crippen molar-refractivity contribution in [1.29, 1.82) is 0 Å². The number of hydrogen-bond acceptors (Lipinski definition) is 1. The summed E-state index contributed by atoms with van der Waals surface area (Å²) in [6, 6.07) is 13.3. The maximum atomic E-state index is 9.37. The van der Waals surface area contributed by atoms with Crippen LogP contribution in [-0.4, -0.2) is 5.11 Å². The highest BCUT2D eigenvalue weighted by Crippen LogP contribution is 2.23. The first-order valence-corrected chi connectivity index (χ1v) is 6.67. The topological polar surface area (TPSA) is 20.2 Å². The second-order valence-electron chi connectivity index (χ2n) is 5.37. The maximum absolute atomic E-state index is 9.37. The third kappa shape index (κ3) is 4.06. The average molecular weight is 244 g/mol. The highest BCUT2D eigenvalue weighted by molar-refractivity contribution is 5.87. The number of fused-ring (bicyclic) bond motifs is 1. The molecule has 0 saturated heterocycles. The molecule has 0 radical (unpaired) electrons. The van der Waals surface area contributed by atoms with Gasteiger partial charge in [0.05, 0.1) is 0 Å². The van der Waals surface area contributed by atoms with E-state index >= 15 is 0 Å². The van der Waals surface area contributed by atoms with E-state index < -0.39 is 0 Å². The first-order valence-electron chi connectivity index (χ1n) is 6.67. The Kier molecular flexibility index (Phi) is 5.21. The summed E-state index contributed by atoms with van der Waals surface area (Å²) in [5.74, 6) is 0.350. The molecule has 0 aliphatic carbocycles. The Morgan fingerprint density at radius 1 is 0.889 bits per heavy atom. The summed E-state index contributed by atoms with van der Waals surface area (Å²) in [7, 11) is 0. The first-order chi connectivity index (χ1) is 8.50. The molecule has 0 aliphatic heterocycles. The number of rotatable bonds is 2. The molecule has 2 aromatic rings. The smallest absolute Gasteiger partial charge is 0.123 e. The van der Waals surface area contributed by atoms with Crippen LogP contribution >= 0.6 is 0 Å². The van der Waals surface area contributed by atoms with Crippen LogP contribution in [0.5, 0.6) is 5.75 Å². The van der Waals surface area contributed by atoms with Gasteiger partial charge in [-0.1, -0.05) is 76.9 Å². The third-order valence-electron chi connectivity index (χ3n) is 3.68. The summed E-state index contributed by atoms with van der Waals surface area (Å²) in [6.07, 6.45) is 2.59.